The minimum atomic E-state index is 0.437. The third-order valence-corrected chi connectivity index (χ3v) is 3.53. The van der Waals surface area contributed by atoms with Gasteiger partial charge in [-0.3, -0.25) is 0 Å². The maximum absolute atomic E-state index is 5.88. The summed E-state index contributed by atoms with van der Waals surface area (Å²) < 4.78 is 0. The number of benzene rings is 2. The van der Waals surface area contributed by atoms with Crippen molar-refractivity contribution in [3.8, 4) is 0 Å². The lowest BCUT2D eigenvalue weighted by atomic mass is 10.2. The van der Waals surface area contributed by atoms with E-state index in [9.17, 15) is 0 Å². The van der Waals surface area contributed by atoms with Crippen molar-refractivity contribution in [2.75, 3.05) is 0 Å². The molecule has 20 heavy (non-hydrogen) atoms. The number of halogens is 1. The van der Waals surface area contributed by atoms with Gasteiger partial charge in [0, 0.05) is 10.8 Å². The largest absolute Gasteiger partial charge is 0.377 e. The molecule has 3 nitrogen and oxygen atoms in total. The minimum Gasteiger partial charge on any atom is -0.377 e. The van der Waals surface area contributed by atoms with Gasteiger partial charge in [0.2, 0.25) is 0 Å². The number of amidine groups is 1. The molecule has 2 N–H and O–H groups in total. The summed E-state index contributed by atoms with van der Waals surface area (Å²) in [5, 5.41) is 9.01. The predicted molar refractivity (Wildman–Crippen MR) is 88.4 cm³/mol. The molecule has 0 saturated heterocycles. The molecule has 0 radical (unpaired) electrons. The van der Waals surface area contributed by atoms with Crippen LogP contribution >= 0.6 is 23.4 Å². The number of thioether (sulfide) groups is 1. The number of hydrogen-bond acceptors (Lipinski definition) is 3. The van der Waals surface area contributed by atoms with E-state index < -0.39 is 0 Å². The van der Waals surface area contributed by atoms with Gasteiger partial charge in [-0.2, -0.15) is 5.10 Å². The molecule has 0 aromatic heterocycles. The van der Waals surface area contributed by atoms with Crippen LogP contribution in [-0.4, -0.2) is 11.4 Å². The molecule has 0 aliphatic rings. The van der Waals surface area contributed by atoms with Crippen LogP contribution in [0.15, 0.2) is 64.8 Å². The summed E-state index contributed by atoms with van der Waals surface area (Å²) in [6.45, 7) is 0. The SMILES string of the molecule is NC(=NN=Cc1cccc(Cl)c1)SCc1ccccc1. The van der Waals surface area contributed by atoms with Crippen LogP contribution < -0.4 is 5.73 Å². The van der Waals surface area contributed by atoms with Crippen LogP contribution in [0, 0.1) is 0 Å². The van der Waals surface area contributed by atoms with Crippen LogP contribution in [0.4, 0.5) is 0 Å². The normalized spacial score (nSPS) is 11.9. The van der Waals surface area contributed by atoms with Gasteiger partial charge in [-0.05, 0) is 23.3 Å². The summed E-state index contributed by atoms with van der Waals surface area (Å²) in [6.07, 6.45) is 1.63. The summed E-state index contributed by atoms with van der Waals surface area (Å²) in [6, 6.07) is 17.5. The van der Waals surface area contributed by atoms with Gasteiger partial charge >= 0.3 is 0 Å². The summed E-state index contributed by atoms with van der Waals surface area (Å²) in [5.41, 5.74) is 7.88. The zero-order chi connectivity index (χ0) is 14.2. The summed E-state index contributed by atoms with van der Waals surface area (Å²) in [4.78, 5) is 0. The van der Waals surface area contributed by atoms with Gasteiger partial charge in [-0.1, -0.05) is 65.8 Å². The van der Waals surface area contributed by atoms with Gasteiger partial charge < -0.3 is 5.73 Å². The molecule has 0 bridgehead atoms. The molecule has 2 aromatic rings. The fourth-order valence-corrected chi connectivity index (χ4v) is 2.31. The molecule has 2 aromatic carbocycles. The van der Waals surface area contributed by atoms with E-state index >= 15 is 0 Å². The van der Waals surface area contributed by atoms with E-state index in [4.69, 9.17) is 17.3 Å². The molecule has 0 unspecified atom stereocenters. The van der Waals surface area contributed by atoms with Gasteiger partial charge in [0.1, 0.15) is 0 Å². The number of nitrogens with two attached hydrogens (primary N) is 1. The molecule has 0 aliphatic carbocycles. The number of hydrogen-bond donors (Lipinski definition) is 1. The minimum absolute atomic E-state index is 0.437. The second-order valence-electron chi connectivity index (χ2n) is 4.01. The molecule has 0 atom stereocenters. The van der Waals surface area contributed by atoms with Crippen LogP contribution in [0.5, 0.6) is 0 Å². The molecular weight excluding hydrogens is 290 g/mol. The van der Waals surface area contributed by atoms with Crippen LogP contribution in [0.1, 0.15) is 11.1 Å². The lowest BCUT2D eigenvalue weighted by Crippen LogP contribution is -2.05. The van der Waals surface area contributed by atoms with Crippen LogP contribution in [-0.2, 0) is 5.75 Å². The molecule has 2 rings (SSSR count). The highest BCUT2D eigenvalue weighted by Crippen LogP contribution is 2.12. The van der Waals surface area contributed by atoms with Crippen LogP contribution in [0.2, 0.25) is 5.02 Å². The fraction of sp³-hybridized carbons (Fsp3) is 0.0667. The first-order valence-electron chi connectivity index (χ1n) is 6.03. The summed E-state index contributed by atoms with van der Waals surface area (Å²) in [5.74, 6) is 0.781. The Labute approximate surface area is 127 Å². The van der Waals surface area contributed by atoms with Crippen molar-refractivity contribution in [3.05, 3.63) is 70.7 Å². The van der Waals surface area contributed by atoms with Crippen molar-refractivity contribution in [2.24, 2.45) is 15.9 Å². The summed E-state index contributed by atoms with van der Waals surface area (Å²) >= 11 is 7.33. The van der Waals surface area contributed by atoms with Crippen molar-refractivity contribution >= 4 is 34.7 Å². The van der Waals surface area contributed by atoms with Crippen LogP contribution in [0.3, 0.4) is 0 Å². The summed E-state index contributed by atoms with van der Waals surface area (Å²) in [7, 11) is 0. The lowest BCUT2D eigenvalue weighted by Gasteiger charge is -1.99. The van der Waals surface area contributed by atoms with Gasteiger partial charge in [0.15, 0.2) is 5.17 Å². The van der Waals surface area contributed by atoms with Crippen molar-refractivity contribution in [1.29, 1.82) is 0 Å². The molecule has 0 spiro atoms. The highest BCUT2D eigenvalue weighted by atomic mass is 35.5. The van der Waals surface area contributed by atoms with E-state index in [0.29, 0.717) is 10.2 Å². The van der Waals surface area contributed by atoms with Crippen molar-refractivity contribution in [2.45, 2.75) is 5.75 Å². The van der Waals surface area contributed by atoms with Crippen molar-refractivity contribution < 1.29 is 0 Å². The first kappa shape index (κ1) is 14.6. The monoisotopic (exact) mass is 303 g/mol. The Morgan fingerprint density at radius 3 is 2.70 bits per heavy atom. The topological polar surface area (TPSA) is 50.7 Å². The van der Waals surface area contributed by atoms with E-state index in [1.807, 2.05) is 42.5 Å². The number of rotatable bonds is 4. The van der Waals surface area contributed by atoms with E-state index in [1.165, 1.54) is 17.3 Å². The van der Waals surface area contributed by atoms with Gasteiger partial charge in [-0.25, -0.2) is 0 Å². The Morgan fingerprint density at radius 1 is 1.15 bits per heavy atom. The van der Waals surface area contributed by atoms with Crippen LogP contribution in [0.25, 0.3) is 0 Å². The number of nitrogens with zero attached hydrogens (tertiary/aromatic N) is 2. The molecule has 5 heteroatoms. The molecule has 0 fully saturated rings. The maximum Gasteiger partial charge on any atom is 0.180 e. The Morgan fingerprint density at radius 2 is 1.95 bits per heavy atom. The Bertz CT molecular complexity index is 612. The zero-order valence-corrected chi connectivity index (χ0v) is 12.3. The van der Waals surface area contributed by atoms with E-state index in [1.54, 1.807) is 6.21 Å². The average molecular weight is 304 g/mol. The second-order valence-corrected chi connectivity index (χ2v) is 5.44. The maximum atomic E-state index is 5.88. The smallest absolute Gasteiger partial charge is 0.180 e. The Hall–Kier alpha value is -1.78. The molecule has 0 amide bonds. The highest BCUT2D eigenvalue weighted by molar-refractivity contribution is 8.13. The Kier molecular flexibility index (Phi) is 5.65. The van der Waals surface area contributed by atoms with E-state index in [-0.39, 0.29) is 0 Å². The second kappa shape index (κ2) is 7.72. The van der Waals surface area contributed by atoms with Crippen molar-refractivity contribution in [3.63, 3.8) is 0 Å². The first-order chi connectivity index (χ1) is 9.74. The van der Waals surface area contributed by atoms with Gasteiger partial charge in [0.05, 0.1) is 6.21 Å². The Balaban J connectivity index is 1.87. The highest BCUT2D eigenvalue weighted by Gasteiger charge is 1.95. The molecule has 0 saturated carbocycles. The standard InChI is InChI=1S/C15H14ClN3S/c16-14-8-4-7-13(9-14)10-18-19-15(17)20-11-12-5-2-1-3-6-12/h1-10H,11H2,(H2,17,19). The van der Waals surface area contributed by atoms with Crippen molar-refractivity contribution in [1.82, 2.24) is 0 Å². The molecular formula is C15H14ClN3S. The van der Waals surface area contributed by atoms with Gasteiger partial charge in [0.25, 0.3) is 0 Å². The van der Waals surface area contributed by atoms with Gasteiger partial charge in [-0.15, -0.1) is 5.10 Å². The third-order valence-electron chi connectivity index (χ3n) is 2.44. The third kappa shape index (κ3) is 5.07. The zero-order valence-electron chi connectivity index (χ0n) is 10.7. The molecule has 102 valence electrons. The molecule has 0 aliphatic heterocycles. The predicted octanol–water partition coefficient (Wildman–Crippen LogP) is 3.92. The quantitative estimate of drug-likeness (QED) is 0.529. The van der Waals surface area contributed by atoms with E-state index in [0.717, 1.165) is 11.3 Å². The lowest BCUT2D eigenvalue weighted by molar-refractivity contribution is 1.25. The average Bonchev–Trinajstić information content (AvgIpc) is 2.46. The van der Waals surface area contributed by atoms with E-state index in [2.05, 4.69) is 22.3 Å². The first-order valence-corrected chi connectivity index (χ1v) is 7.39. The molecule has 0 heterocycles. The fourth-order valence-electron chi connectivity index (χ4n) is 1.50.